The zero-order valence-electron chi connectivity index (χ0n) is 12.3. The van der Waals surface area contributed by atoms with Crippen LogP contribution in [0.5, 0.6) is 0 Å². The Balaban J connectivity index is 1.78. The van der Waals surface area contributed by atoms with Crippen molar-refractivity contribution in [1.29, 1.82) is 0 Å². The molecule has 4 heteroatoms. The minimum atomic E-state index is 0.601. The Labute approximate surface area is 136 Å². The SMILES string of the molecule is ClCCc1nc2c(Cl)cccc2n1CCCC1CCCC1. The molecule has 0 amide bonds. The van der Waals surface area contributed by atoms with Gasteiger partial charge in [-0.1, -0.05) is 43.4 Å². The second-order valence-corrected chi connectivity index (χ2v) is 6.80. The van der Waals surface area contributed by atoms with Crippen LogP contribution in [-0.2, 0) is 13.0 Å². The fourth-order valence-corrected chi connectivity index (χ4v) is 3.90. The van der Waals surface area contributed by atoms with E-state index in [0.29, 0.717) is 5.88 Å². The molecule has 1 aliphatic carbocycles. The molecule has 0 bridgehead atoms. The first-order chi connectivity index (χ1) is 10.3. The summed E-state index contributed by atoms with van der Waals surface area (Å²) in [5.74, 6) is 2.61. The van der Waals surface area contributed by atoms with E-state index in [1.807, 2.05) is 12.1 Å². The molecule has 1 heterocycles. The Morgan fingerprint density at radius 1 is 1.24 bits per heavy atom. The first-order valence-corrected chi connectivity index (χ1v) is 8.90. The van der Waals surface area contributed by atoms with Crippen molar-refractivity contribution in [1.82, 2.24) is 9.55 Å². The molecule has 21 heavy (non-hydrogen) atoms. The van der Waals surface area contributed by atoms with Crippen molar-refractivity contribution in [3.8, 4) is 0 Å². The predicted molar refractivity (Wildman–Crippen MR) is 90.4 cm³/mol. The molecule has 2 aromatic rings. The van der Waals surface area contributed by atoms with Gasteiger partial charge in [0, 0.05) is 18.8 Å². The van der Waals surface area contributed by atoms with Crippen molar-refractivity contribution in [3.05, 3.63) is 29.0 Å². The number of aromatic nitrogens is 2. The fourth-order valence-electron chi connectivity index (χ4n) is 3.52. The lowest BCUT2D eigenvalue weighted by Gasteiger charge is -2.11. The average molecular weight is 325 g/mol. The molecule has 3 rings (SSSR count). The van der Waals surface area contributed by atoms with Crippen LogP contribution >= 0.6 is 23.2 Å². The van der Waals surface area contributed by atoms with Crippen LogP contribution in [0.3, 0.4) is 0 Å². The van der Waals surface area contributed by atoms with E-state index in [1.54, 1.807) is 0 Å². The number of para-hydroxylation sites is 1. The third-order valence-electron chi connectivity index (χ3n) is 4.60. The van der Waals surface area contributed by atoms with Crippen LogP contribution in [0.4, 0.5) is 0 Å². The van der Waals surface area contributed by atoms with Crippen LogP contribution in [0.15, 0.2) is 18.2 Å². The molecule has 0 aliphatic heterocycles. The maximum absolute atomic E-state index is 6.27. The molecule has 0 spiro atoms. The maximum Gasteiger partial charge on any atom is 0.111 e. The molecule has 0 N–H and O–H groups in total. The number of rotatable bonds is 6. The number of benzene rings is 1. The minimum Gasteiger partial charge on any atom is -0.328 e. The Kier molecular flexibility index (Phi) is 5.07. The van der Waals surface area contributed by atoms with Crippen LogP contribution in [0.2, 0.25) is 5.02 Å². The van der Waals surface area contributed by atoms with Crippen molar-refractivity contribution in [2.45, 2.75) is 51.5 Å². The molecular weight excluding hydrogens is 303 g/mol. The Hall–Kier alpha value is -0.730. The molecule has 0 unspecified atom stereocenters. The van der Waals surface area contributed by atoms with Gasteiger partial charge in [-0.25, -0.2) is 4.98 Å². The molecule has 1 fully saturated rings. The normalized spacial score (nSPS) is 16.1. The number of imidazole rings is 1. The van der Waals surface area contributed by atoms with Crippen LogP contribution in [0, 0.1) is 5.92 Å². The van der Waals surface area contributed by atoms with Gasteiger partial charge in [0.05, 0.1) is 10.5 Å². The van der Waals surface area contributed by atoms with Gasteiger partial charge in [0.2, 0.25) is 0 Å². The molecule has 114 valence electrons. The quantitative estimate of drug-likeness (QED) is 0.647. The van der Waals surface area contributed by atoms with Gasteiger partial charge in [-0.3, -0.25) is 0 Å². The summed E-state index contributed by atoms with van der Waals surface area (Å²) in [4.78, 5) is 4.70. The standard InChI is InChI=1S/C17H22Cl2N2/c18-11-10-16-20-17-14(19)8-3-9-15(17)21(16)12-4-7-13-5-1-2-6-13/h3,8-9,13H,1-2,4-7,10-12H2. The number of nitrogens with zero attached hydrogens (tertiary/aromatic N) is 2. The molecule has 0 radical (unpaired) electrons. The monoisotopic (exact) mass is 324 g/mol. The van der Waals surface area contributed by atoms with Gasteiger partial charge in [-0.15, -0.1) is 11.6 Å². The maximum atomic E-state index is 6.27. The van der Waals surface area contributed by atoms with E-state index in [1.165, 1.54) is 38.5 Å². The molecule has 0 atom stereocenters. The Morgan fingerprint density at radius 2 is 2.05 bits per heavy atom. The Morgan fingerprint density at radius 3 is 2.81 bits per heavy atom. The number of hydrogen-bond acceptors (Lipinski definition) is 1. The second kappa shape index (κ2) is 7.02. The largest absolute Gasteiger partial charge is 0.328 e. The summed E-state index contributed by atoms with van der Waals surface area (Å²) < 4.78 is 2.32. The van der Waals surface area contributed by atoms with E-state index in [9.17, 15) is 0 Å². The second-order valence-electron chi connectivity index (χ2n) is 6.02. The summed E-state index contributed by atoms with van der Waals surface area (Å²) in [6, 6.07) is 6.02. The highest BCUT2D eigenvalue weighted by Crippen LogP contribution is 2.30. The lowest BCUT2D eigenvalue weighted by Crippen LogP contribution is -2.06. The summed E-state index contributed by atoms with van der Waals surface area (Å²) in [6.45, 7) is 1.03. The van der Waals surface area contributed by atoms with Crippen molar-refractivity contribution in [3.63, 3.8) is 0 Å². The number of halogens is 2. The van der Waals surface area contributed by atoms with Gasteiger partial charge in [-0.05, 0) is 30.9 Å². The van der Waals surface area contributed by atoms with E-state index < -0.39 is 0 Å². The number of fused-ring (bicyclic) bond motifs is 1. The van der Waals surface area contributed by atoms with Crippen LogP contribution < -0.4 is 0 Å². The summed E-state index contributed by atoms with van der Waals surface area (Å²) >= 11 is 12.2. The first kappa shape index (κ1) is 15.2. The number of alkyl halides is 1. The Bertz CT molecular complexity index is 600. The van der Waals surface area contributed by atoms with Crippen LogP contribution in [-0.4, -0.2) is 15.4 Å². The highest BCUT2D eigenvalue weighted by atomic mass is 35.5. The number of hydrogen-bond donors (Lipinski definition) is 0. The minimum absolute atomic E-state index is 0.601. The summed E-state index contributed by atoms with van der Waals surface area (Å²) in [6.07, 6.45) is 9.04. The molecule has 2 nitrogen and oxygen atoms in total. The first-order valence-electron chi connectivity index (χ1n) is 7.99. The van der Waals surface area contributed by atoms with Crippen molar-refractivity contribution >= 4 is 34.2 Å². The van der Waals surface area contributed by atoms with Gasteiger partial charge in [0.25, 0.3) is 0 Å². The summed E-state index contributed by atoms with van der Waals surface area (Å²) in [5.41, 5.74) is 2.06. The number of aryl methyl sites for hydroxylation is 2. The van der Waals surface area contributed by atoms with Crippen LogP contribution in [0.25, 0.3) is 11.0 Å². The summed E-state index contributed by atoms with van der Waals surface area (Å²) in [7, 11) is 0. The van der Waals surface area contributed by atoms with E-state index >= 15 is 0 Å². The van der Waals surface area contributed by atoms with Crippen molar-refractivity contribution in [2.24, 2.45) is 5.92 Å². The highest BCUT2D eigenvalue weighted by molar-refractivity contribution is 6.34. The van der Waals surface area contributed by atoms with Gasteiger partial charge >= 0.3 is 0 Å². The molecular formula is C17H22Cl2N2. The van der Waals surface area contributed by atoms with Gasteiger partial charge in [0.15, 0.2) is 0 Å². The van der Waals surface area contributed by atoms with E-state index in [4.69, 9.17) is 28.2 Å². The third kappa shape index (κ3) is 3.37. The van der Waals surface area contributed by atoms with E-state index in [2.05, 4.69) is 10.6 Å². The summed E-state index contributed by atoms with van der Waals surface area (Å²) in [5, 5.41) is 0.734. The topological polar surface area (TPSA) is 17.8 Å². The molecule has 1 saturated carbocycles. The van der Waals surface area contributed by atoms with Crippen molar-refractivity contribution in [2.75, 3.05) is 5.88 Å². The lowest BCUT2D eigenvalue weighted by atomic mass is 10.0. The molecule has 1 aromatic heterocycles. The zero-order chi connectivity index (χ0) is 14.7. The van der Waals surface area contributed by atoms with E-state index in [-0.39, 0.29) is 0 Å². The zero-order valence-corrected chi connectivity index (χ0v) is 13.8. The predicted octanol–water partition coefficient (Wildman–Crippen LogP) is 5.44. The van der Waals surface area contributed by atoms with Crippen molar-refractivity contribution < 1.29 is 0 Å². The lowest BCUT2D eigenvalue weighted by molar-refractivity contribution is 0.458. The fraction of sp³-hybridized carbons (Fsp3) is 0.588. The smallest absolute Gasteiger partial charge is 0.111 e. The average Bonchev–Trinajstić information content (AvgIpc) is 3.09. The van der Waals surface area contributed by atoms with E-state index in [0.717, 1.165) is 40.8 Å². The van der Waals surface area contributed by atoms with Gasteiger partial charge < -0.3 is 4.57 Å². The molecule has 0 saturated heterocycles. The molecule has 1 aliphatic rings. The van der Waals surface area contributed by atoms with Gasteiger partial charge in [-0.2, -0.15) is 0 Å². The highest BCUT2D eigenvalue weighted by Gasteiger charge is 2.16. The molecule has 1 aromatic carbocycles. The third-order valence-corrected chi connectivity index (χ3v) is 5.09. The van der Waals surface area contributed by atoms with Gasteiger partial charge in [0.1, 0.15) is 11.3 Å². The van der Waals surface area contributed by atoms with Crippen LogP contribution in [0.1, 0.15) is 44.3 Å².